The van der Waals surface area contributed by atoms with Crippen LogP contribution in [0, 0.1) is 0 Å². The van der Waals surface area contributed by atoms with Crippen molar-refractivity contribution in [3.63, 3.8) is 0 Å². The predicted molar refractivity (Wildman–Crippen MR) is 46.4 cm³/mol. The summed E-state index contributed by atoms with van der Waals surface area (Å²) in [5.74, 6) is 0. The third-order valence-electron chi connectivity index (χ3n) is 1.88. The number of fused-ring (bicyclic) bond motifs is 1. The molecule has 0 radical (unpaired) electrons. The normalized spacial score (nSPS) is 14.8. The summed E-state index contributed by atoms with van der Waals surface area (Å²) >= 11 is 0. The number of rotatable bonds is 2. The van der Waals surface area contributed by atoms with E-state index in [1.165, 1.54) is 0 Å². The molecular weight excluding hydrogens is 152 g/mol. The SMILES string of the molecule is CNCn1nc2c(n1)CCC=C2. The van der Waals surface area contributed by atoms with E-state index in [-0.39, 0.29) is 0 Å². The van der Waals surface area contributed by atoms with Gasteiger partial charge in [0.05, 0.1) is 5.69 Å². The summed E-state index contributed by atoms with van der Waals surface area (Å²) in [6.45, 7) is 0.681. The van der Waals surface area contributed by atoms with Crippen LogP contribution in [-0.2, 0) is 13.1 Å². The van der Waals surface area contributed by atoms with Crippen LogP contribution in [-0.4, -0.2) is 22.0 Å². The lowest BCUT2D eigenvalue weighted by Gasteiger charge is -1.97. The molecule has 1 heterocycles. The Bertz CT molecular complexity index is 300. The van der Waals surface area contributed by atoms with Crippen molar-refractivity contribution in [2.24, 2.45) is 0 Å². The van der Waals surface area contributed by atoms with Crippen molar-refractivity contribution in [1.29, 1.82) is 0 Å². The molecular formula is C8H12N4. The van der Waals surface area contributed by atoms with E-state index in [1.54, 1.807) is 4.80 Å². The third-order valence-corrected chi connectivity index (χ3v) is 1.88. The van der Waals surface area contributed by atoms with E-state index in [2.05, 4.69) is 21.6 Å². The van der Waals surface area contributed by atoms with Gasteiger partial charge in [-0.1, -0.05) is 6.08 Å². The first-order chi connectivity index (χ1) is 5.90. The second-order valence-electron chi connectivity index (χ2n) is 2.86. The van der Waals surface area contributed by atoms with Crippen molar-refractivity contribution in [2.45, 2.75) is 19.5 Å². The van der Waals surface area contributed by atoms with Crippen LogP contribution in [0.1, 0.15) is 17.8 Å². The van der Waals surface area contributed by atoms with E-state index in [9.17, 15) is 0 Å². The summed E-state index contributed by atoms with van der Waals surface area (Å²) < 4.78 is 0. The maximum Gasteiger partial charge on any atom is 0.110 e. The molecule has 0 unspecified atom stereocenters. The minimum absolute atomic E-state index is 0.681. The fourth-order valence-electron chi connectivity index (χ4n) is 1.33. The maximum atomic E-state index is 4.33. The molecule has 1 aromatic rings. The molecule has 0 aliphatic heterocycles. The van der Waals surface area contributed by atoms with Gasteiger partial charge in [0.1, 0.15) is 12.4 Å². The van der Waals surface area contributed by atoms with Crippen LogP contribution in [0.4, 0.5) is 0 Å². The molecule has 1 aliphatic rings. The Labute approximate surface area is 71.3 Å². The zero-order valence-corrected chi connectivity index (χ0v) is 7.12. The van der Waals surface area contributed by atoms with Gasteiger partial charge in [0, 0.05) is 0 Å². The minimum atomic E-state index is 0.681. The Balaban J connectivity index is 2.27. The maximum absolute atomic E-state index is 4.33. The number of hydrogen-bond acceptors (Lipinski definition) is 3. The molecule has 2 rings (SSSR count). The van der Waals surface area contributed by atoms with E-state index < -0.39 is 0 Å². The zero-order chi connectivity index (χ0) is 8.39. The summed E-state index contributed by atoms with van der Waals surface area (Å²) in [7, 11) is 1.89. The van der Waals surface area contributed by atoms with Crippen molar-refractivity contribution in [2.75, 3.05) is 7.05 Å². The summed E-state index contributed by atoms with van der Waals surface area (Å²) in [6.07, 6.45) is 6.29. The lowest BCUT2D eigenvalue weighted by Crippen LogP contribution is -2.15. The van der Waals surface area contributed by atoms with Gasteiger partial charge in [0.15, 0.2) is 0 Å². The molecule has 1 aromatic heterocycles. The van der Waals surface area contributed by atoms with Gasteiger partial charge >= 0.3 is 0 Å². The van der Waals surface area contributed by atoms with E-state index in [1.807, 2.05) is 13.1 Å². The standard InChI is InChI=1S/C8H12N4/c1-9-6-12-10-7-4-2-3-5-8(7)11-12/h2,4,9H,3,5-6H2,1H3. The highest BCUT2D eigenvalue weighted by Crippen LogP contribution is 2.13. The summed E-state index contributed by atoms with van der Waals surface area (Å²) in [5.41, 5.74) is 2.14. The average Bonchev–Trinajstić information content (AvgIpc) is 2.47. The molecule has 4 nitrogen and oxygen atoms in total. The highest BCUT2D eigenvalue weighted by Gasteiger charge is 2.09. The van der Waals surface area contributed by atoms with Crippen molar-refractivity contribution in [3.05, 3.63) is 17.5 Å². The van der Waals surface area contributed by atoms with Gasteiger partial charge in [-0.2, -0.15) is 15.0 Å². The molecule has 1 N–H and O–H groups in total. The number of aryl methyl sites for hydroxylation is 1. The van der Waals surface area contributed by atoms with Gasteiger partial charge in [0.2, 0.25) is 0 Å². The largest absolute Gasteiger partial charge is 0.300 e. The summed E-state index contributed by atoms with van der Waals surface area (Å²) in [5, 5.41) is 11.6. The Morgan fingerprint density at radius 3 is 3.25 bits per heavy atom. The van der Waals surface area contributed by atoms with Crippen LogP contribution >= 0.6 is 0 Å². The predicted octanol–water partition coefficient (Wildman–Crippen LogP) is 0.414. The number of nitrogens with zero attached hydrogens (tertiary/aromatic N) is 3. The molecule has 0 aromatic carbocycles. The lowest BCUT2D eigenvalue weighted by atomic mass is 10.1. The Hall–Kier alpha value is -1.16. The Morgan fingerprint density at radius 2 is 2.50 bits per heavy atom. The smallest absolute Gasteiger partial charge is 0.110 e. The second kappa shape index (κ2) is 3.06. The highest BCUT2D eigenvalue weighted by molar-refractivity contribution is 5.48. The molecule has 0 fully saturated rings. The van der Waals surface area contributed by atoms with Gasteiger partial charge in [-0.3, -0.25) is 5.32 Å². The van der Waals surface area contributed by atoms with E-state index in [4.69, 9.17) is 0 Å². The molecule has 0 saturated heterocycles. The fraction of sp³-hybridized carbons (Fsp3) is 0.500. The molecule has 0 bridgehead atoms. The first-order valence-electron chi connectivity index (χ1n) is 4.15. The molecule has 1 aliphatic carbocycles. The highest BCUT2D eigenvalue weighted by atomic mass is 15.5. The first kappa shape index (κ1) is 7.49. The summed E-state index contributed by atoms with van der Waals surface area (Å²) in [6, 6.07) is 0. The number of aromatic nitrogens is 3. The van der Waals surface area contributed by atoms with E-state index >= 15 is 0 Å². The molecule has 0 atom stereocenters. The lowest BCUT2D eigenvalue weighted by molar-refractivity contribution is 0.488. The monoisotopic (exact) mass is 164 g/mol. The van der Waals surface area contributed by atoms with Crippen LogP contribution in [0.15, 0.2) is 6.08 Å². The molecule has 12 heavy (non-hydrogen) atoms. The van der Waals surface area contributed by atoms with Crippen LogP contribution in [0.3, 0.4) is 0 Å². The van der Waals surface area contributed by atoms with E-state index in [0.717, 1.165) is 24.2 Å². The molecule has 64 valence electrons. The van der Waals surface area contributed by atoms with Crippen molar-refractivity contribution < 1.29 is 0 Å². The summed E-state index contributed by atoms with van der Waals surface area (Å²) in [4.78, 5) is 1.69. The quantitative estimate of drug-likeness (QED) is 0.688. The molecule has 4 heteroatoms. The van der Waals surface area contributed by atoms with Gasteiger partial charge in [-0.05, 0) is 26.0 Å². The van der Waals surface area contributed by atoms with Crippen LogP contribution in [0.2, 0.25) is 0 Å². The third kappa shape index (κ3) is 1.25. The Morgan fingerprint density at radius 1 is 1.58 bits per heavy atom. The fourth-order valence-corrected chi connectivity index (χ4v) is 1.33. The topological polar surface area (TPSA) is 42.7 Å². The van der Waals surface area contributed by atoms with Crippen LogP contribution in [0.5, 0.6) is 0 Å². The van der Waals surface area contributed by atoms with Crippen LogP contribution < -0.4 is 5.32 Å². The average molecular weight is 164 g/mol. The Kier molecular flexibility index (Phi) is 1.91. The number of hydrogen-bond donors (Lipinski definition) is 1. The second-order valence-corrected chi connectivity index (χ2v) is 2.86. The van der Waals surface area contributed by atoms with Gasteiger partial charge in [-0.15, -0.1) is 0 Å². The van der Waals surface area contributed by atoms with Gasteiger partial charge in [0.25, 0.3) is 0 Å². The first-order valence-corrected chi connectivity index (χ1v) is 4.15. The van der Waals surface area contributed by atoms with Crippen LogP contribution in [0.25, 0.3) is 6.08 Å². The number of nitrogens with one attached hydrogen (secondary N) is 1. The van der Waals surface area contributed by atoms with Crippen molar-refractivity contribution >= 4 is 6.08 Å². The minimum Gasteiger partial charge on any atom is -0.300 e. The van der Waals surface area contributed by atoms with Gasteiger partial charge in [-0.25, -0.2) is 0 Å². The molecule has 0 amide bonds. The van der Waals surface area contributed by atoms with Gasteiger partial charge < -0.3 is 0 Å². The molecule has 0 saturated carbocycles. The molecule has 0 spiro atoms. The van der Waals surface area contributed by atoms with E-state index in [0.29, 0.717) is 6.67 Å². The zero-order valence-electron chi connectivity index (χ0n) is 7.12. The number of allylic oxidation sites excluding steroid dienone is 1. The van der Waals surface area contributed by atoms with Crippen molar-refractivity contribution in [3.8, 4) is 0 Å². The van der Waals surface area contributed by atoms with Crippen molar-refractivity contribution in [1.82, 2.24) is 20.3 Å².